The van der Waals surface area contributed by atoms with Gasteiger partial charge in [0.15, 0.2) is 6.10 Å². The van der Waals surface area contributed by atoms with Crippen LogP contribution >= 0.6 is 11.3 Å². The molecule has 8 heteroatoms. The molecule has 0 saturated heterocycles. The van der Waals surface area contributed by atoms with E-state index in [0.29, 0.717) is 29.5 Å². The van der Waals surface area contributed by atoms with Gasteiger partial charge in [-0.05, 0) is 24.8 Å². The summed E-state index contributed by atoms with van der Waals surface area (Å²) in [4.78, 5) is 25.2. The van der Waals surface area contributed by atoms with Crippen molar-refractivity contribution in [1.82, 2.24) is 15.5 Å². The molecule has 0 aliphatic heterocycles. The number of aromatic nitrogens is 2. The third-order valence-corrected chi connectivity index (χ3v) is 5.99. The Morgan fingerprint density at radius 1 is 1.03 bits per heavy atom. The van der Waals surface area contributed by atoms with Gasteiger partial charge in [0.25, 0.3) is 5.91 Å². The molecule has 2 amide bonds. The molecular formula is C22H32N4O3S. The first kappa shape index (κ1) is 24.0. The standard InChI is InChI=1S/C22H32N4O3S/c1-4-7-12-15(6-3)21-25-26-22(30-21)24-19(28)17(11-5-2)23-20(29)18(27)16-13-9-8-10-14-16/h8-10,13-15,17-18,27H,4-7,11-12H2,1-3H3,(H,23,29)(H,24,26,28)/t15?,17?,18-/m0/s1. The quantitative estimate of drug-likeness (QED) is 0.467. The Labute approximate surface area is 182 Å². The van der Waals surface area contributed by atoms with Crippen LogP contribution in [0.3, 0.4) is 0 Å². The van der Waals surface area contributed by atoms with Crippen molar-refractivity contribution in [3.05, 3.63) is 40.9 Å². The lowest BCUT2D eigenvalue weighted by Gasteiger charge is -2.19. The fraction of sp³-hybridized carbons (Fsp3) is 0.545. The molecule has 0 radical (unpaired) electrons. The maximum atomic E-state index is 12.7. The average molecular weight is 433 g/mol. The smallest absolute Gasteiger partial charge is 0.254 e. The molecule has 2 aromatic rings. The number of anilines is 1. The highest BCUT2D eigenvalue weighted by molar-refractivity contribution is 7.15. The number of aliphatic hydroxyl groups is 1. The molecule has 3 atom stereocenters. The van der Waals surface area contributed by atoms with Crippen LogP contribution in [0.4, 0.5) is 5.13 Å². The molecule has 3 N–H and O–H groups in total. The first-order valence-electron chi connectivity index (χ1n) is 10.7. The van der Waals surface area contributed by atoms with Crippen LogP contribution in [-0.4, -0.2) is 33.2 Å². The Morgan fingerprint density at radius 2 is 1.77 bits per heavy atom. The predicted octanol–water partition coefficient (Wildman–Crippen LogP) is 4.18. The van der Waals surface area contributed by atoms with Gasteiger partial charge in [0, 0.05) is 5.92 Å². The number of carbonyl (C=O) groups is 2. The zero-order valence-electron chi connectivity index (χ0n) is 17.9. The van der Waals surface area contributed by atoms with Gasteiger partial charge in [-0.1, -0.05) is 81.7 Å². The van der Waals surface area contributed by atoms with Gasteiger partial charge in [0.05, 0.1) is 0 Å². The molecule has 2 unspecified atom stereocenters. The number of hydrogen-bond acceptors (Lipinski definition) is 6. The molecule has 2 rings (SSSR count). The van der Waals surface area contributed by atoms with Gasteiger partial charge in [-0.25, -0.2) is 0 Å². The molecule has 0 bridgehead atoms. The van der Waals surface area contributed by atoms with Crippen molar-refractivity contribution >= 4 is 28.3 Å². The van der Waals surface area contributed by atoms with E-state index in [4.69, 9.17) is 0 Å². The molecule has 0 saturated carbocycles. The summed E-state index contributed by atoms with van der Waals surface area (Å²) in [6.07, 6.45) is 4.14. The summed E-state index contributed by atoms with van der Waals surface area (Å²) in [6, 6.07) is 7.90. The monoisotopic (exact) mass is 432 g/mol. The van der Waals surface area contributed by atoms with Crippen LogP contribution in [0.5, 0.6) is 0 Å². The normalized spacial score (nSPS) is 14.0. The number of nitrogens with zero attached hydrogens (tertiary/aromatic N) is 2. The van der Waals surface area contributed by atoms with Crippen LogP contribution in [0.1, 0.15) is 81.9 Å². The van der Waals surface area contributed by atoms with Crippen LogP contribution < -0.4 is 10.6 Å². The second-order valence-electron chi connectivity index (χ2n) is 7.35. The minimum Gasteiger partial charge on any atom is -0.378 e. The van der Waals surface area contributed by atoms with Gasteiger partial charge >= 0.3 is 0 Å². The Hall–Kier alpha value is -2.32. The molecule has 7 nitrogen and oxygen atoms in total. The van der Waals surface area contributed by atoms with E-state index >= 15 is 0 Å². The summed E-state index contributed by atoms with van der Waals surface area (Å²) in [7, 11) is 0. The average Bonchev–Trinajstić information content (AvgIpc) is 3.22. The maximum absolute atomic E-state index is 12.7. The fourth-order valence-corrected chi connectivity index (χ4v) is 4.15. The van der Waals surface area contributed by atoms with Crippen LogP contribution in [0, 0.1) is 0 Å². The van der Waals surface area contributed by atoms with E-state index < -0.39 is 18.1 Å². The van der Waals surface area contributed by atoms with E-state index in [1.54, 1.807) is 24.3 Å². The second kappa shape index (κ2) is 12.4. The number of carbonyl (C=O) groups excluding carboxylic acids is 2. The molecule has 1 aromatic heterocycles. The highest BCUT2D eigenvalue weighted by Gasteiger charge is 2.26. The number of aliphatic hydroxyl groups excluding tert-OH is 1. The number of hydrogen-bond donors (Lipinski definition) is 3. The van der Waals surface area contributed by atoms with E-state index in [0.717, 1.165) is 30.7 Å². The Balaban J connectivity index is 2.01. The third-order valence-electron chi connectivity index (χ3n) is 4.99. The topological polar surface area (TPSA) is 104 Å². The van der Waals surface area contributed by atoms with Gasteiger partial charge < -0.3 is 10.4 Å². The zero-order chi connectivity index (χ0) is 21.9. The number of benzene rings is 1. The molecule has 0 fully saturated rings. The Morgan fingerprint density at radius 3 is 2.40 bits per heavy atom. The fourth-order valence-electron chi connectivity index (χ4n) is 3.19. The second-order valence-corrected chi connectivity index (χ2v) is 8.35. The summed E-state index contributed by atoms with van der Waals surface area (Å²) >= 11 is 1.39. The molecule has 164 valence electrons. The van der Waals surface area contributed by atoms with E-state index in [1.807, 2.05) is 13.0 Å². The van der Waals surface area contributed by atoms with Crippen molar-refractivity contribution < 1.29 is 14.7 Å². The van der Waals surface area contributed by atoms with Gasteiger partial charge in [0.1, 0.15) is 11.0 Å². The first-order chi connectivity index (χ1) is 14.5. The Kier molecular flexibility index (Phi) is 9.89. The molecule has 0 aliphatic rings. The van der Waals surface area contributed by atoms with Crippen molar-refractivity contribution in [2.75, 3.05) is 5.32 Å². The minimum absolute atomic E-state index is 0.347. The molecule has 0 spiro atoms. The van der Waals surface area contributed by atoms with Gasteiger partial charge in [-0.2, -0.15) is 0 Å². The number of amides is 2. The highest BCUT2D eigenvalue weighted by atomic mass is 32.1. The molecule has 1 aromatic carbocycles. The first-order valence-corrected chi connectivity index (χ1v) is 11.5. The number of nitrogens with one attached hydrogen (secondary N) is 2. The molecule has 0 aliphatic carbocycles. The highest BCUT2D eigenvalue weighted by Crippen LogP contribution is 2.30. The van der Waals surface area contributed by atoms with Crippen molar-refractivity contribution in [2.45, 2.75) is 77.4 Å². The third kappa shape index (κ3) is 6.88. The van der Waals surface area contributed by atoms with Crippen LogP contribution in [0.15, 0.2) is 30.3 Å². The lowest BCUT2D eigenvalue weighted by molar-refractivity contribution is -0.133. The van der Waals surface area contributed by atoms with E-state index in [-0.39, 0.29) is 5.91 Å². The van der Waals surface area contributed by atoms with Gasteiger partial charge in [-0.15, -0.1) is 10.2 Å². The largest absolute Gasteiger partial charge is 0.378 e. The van der Waals surface area contributed by atoms with Crippen molar-refractivity contribution in [3.8, 4) is 0 Å². The van der Waals surface area contributed by atoms with E-state index in [1.165, 1.54) is 11.3 Å². The summed E-state index contributed by atoms with van der Waals surface area (Å²) in [5, 5.41) is 25.4. The summed E-state index contributed by atoms with van der Waals surface area (Å²) < 4.78 is 0. The van der Waals surface area contributed by atoms with Crippen LogP contribution in [0.25, 0.3) is 0 Å². The summed E-state index contributed by atoms with van der Waals surface area (Å²) in [6.45, 7) is 6.23. The Bertz CT molecular complexity index is 797. The van der Waals surface area contributed by atoms with Crippen molar-refractivity contribution in [3.63, 3.8) is 0 Å². The van der Waals surface area contributed by atoms with Gasteiger partial charge in [-0.3, -0.25) is 14.9 Å². The van der Waals surface area contributed by atoms with Crippen LogP contribution in [0.2, 0.25) is 0 Å². The predicted molar refractivity (Wildman–Crippen MR) is 119 cm³/mol. The number of unbranched alkanes of at least 4 members (excludes halogenated alkanes) is 1. The number of rotatable bonds is 12. The van der Waals surface area contributed by atoms with E-state index in [9.17, 15) is 14.7 Å². The van der Waals surface area contributed by atoms with Crippen LogP contribution in [-0.2, 0) is 9.59 Å². The van der Waals surface area contributed by atoms with Crippen molar-refractivity contribution in [1.29, 1.82) is 0 Å². The molecular weight excluding hydrogens is 400 g/mol. The molecule has 30 heavy (non-hydrogen) atoms. The minimum atomic E-state index is -1.32. The summed E-state index contributed by atoms with van der Waals surface area (Å²) in [5.41, 5.74) is 0.483. The lowest BCUT2D eigenvalue weighted by atomic mass is 10.0. The van der Waals surface area contributed by atoms with E-state index in [2.05, 4.69) is 34.7 Å². The van der Waals surface area contributed by atoms with Gasteiger partial charge in [0.2, 0.25) is 11.0 Å². The molecule has 1 heterocycles. The lowest BCUT2D eigenvalue weighted by Crippen LogP contribution is -2.45. The summed E-state index contributed by atoms with van der Waals surface area (Å²) in [5.74, 6) is -0.603. The SMILES string of the molecule is CCCCC(CC)c1nnc(NC(=O)C(CCC)NC(=O)[C@@H](O)c2ccccc2)s1. The maximum Gasteiger partial charge on any atom is 0.254 e. The zero-order valence-corrected chi connectivity index (χ0v) is 18.7. The van der Waals surface area contributed by atoms with Crippen molar-refractivity contribution in [2.24, 2.45) is 0 Å².